The number of alkyl halides is 6. The van der Waals surface area contributed by atoms with Gasteiger partial charge < -0.3 is 4.90 Å². The lowest BCUT2D eigenvalue weighted by Gasteiger charge is -2.40. The largest absolute Gasteiger partial charge is 0.416 e. The lowest BCUT2D eigenvalue weighted by atomic mass is 9.79. The number of carbonyl (C=O) groups excluding carboxylic acids is 1. The third kappa shape index (κ3) is 7.12. The summed E-state index contributed by atoms with van der Waals surface area (Å²) in [4.78, 5) is 14.5. The number of piperidine rings is 2. The van der Waals surface area contributed by atoms with Crippen molar-refractivity contribution in [2.75, 3.05) is 32.4 Å². The second-order valence-electron chi connectivity index (χ2n) is 9.68. The molecule has 2 heterocycles. The molecule has 2 fully saturated rings. The van der Waals surface area contributed by atoms with Gasteiger partial charge in [-0.2, -0.15) is 26.3 Å². The minimum absolute atomic E-state index is 0.0845. The van der Waals surface area contributed by atoms with E-state index in [9.17, 15) is 39.6 Å². The summed E-state index contributed by atoms with van der Waals surface area (Å²) in [5.41, 5.74) is -2.95. The summed E-state index contributed by atoms with van der Waals surface area (Å²) in [7, 11) is -3.20. The zero-order valence-electron chi connectivity index (χ0n) is 19.6. The first-order valence-electron chi connectivity index (χ1n) is 11.6. The zero-order valence-corrected chi connectivity index (χ0v) is 20.4. The number of halogens is 6. The summed E-state index contributed by atoms with van der Waals surface area (Å²) in [6.07, 6.45) is -5.88. The van der Waals surface area contributed by atoms with E-state index in [4.69, 9.17) is 0 Å². The molecule has 0 aliphatic carbocycles. The molecule has 3 rings (SSSR count). The topological polar surface area (TPSA) is 57.7 Å². The molecule has 1 aromatic carbocycles. The van der Waals surface area contributed by atoms with Gasteiger partial charge in [0.25, 0.3) is 0 Å². The molecule has 2 aliphatic heterocycles. The summed E-state index contributed by atoms with van der Waals surface area (Å²) in [5, 5.41) is 0. The standard InChI is InChI=1S/C23H30F6N2O3S/c1-15(11-16-12-19(22(24,25)26)14-20(13-16)23(27,28)29)21(32)30-7-3-17(4-8-30)18-5-9-31(10-6-18)35(2,33)34/h12-15,17-18H,3-11H2,1-2H3/t15-/m1/s1. The van der Waals surface area contributed by atoms with Crippen LogP contribution < -0.4 is 0 Å². The smallest absolute Gasteiger partial charge is 0.342 e. The summed E-state index contributed by atoms with van der Waals surface area (Å²) >= 11 is 0. The van der Waals surface area contributed by atoms with Gasteiger partial charge in [-0.05, 0) is 67.7 Å². The Hall–Kier alpha value is -1.82. The van der Waals surface area contributed by atoms with Crippen molar-refractivity contribution in [2.24, 2.45) is 17.8 Å². The van der Waals surface area contributed by atoms with E-state index in [1.807, 2.05) is 0 Å². The van der Waals surface area contributed by atoms with Crippen molar-refractivity contribution in [3.8, 4) is 0 Å². The first kappa shape index (κ1) is 27.8. The number of hydrogen-bond acceptors (Lipinski definition) is 3. The highest BCUT2D eigenvalue weighted by atomic mass is 32.2. The molecule has 2 saturated heterocycles. The molecule has 1 atom stereocenters. The van der Waals surface area contributed by atoms with Gasteiger partial charge in [-0.1, -0.05) is 6.92 Å². The van der Waals surface area contributed by atoms with Crippen molar-refractivity contribution >= 4 is 15.9 Å². The number of rotatable bonds is 5. The Kier molecular flexibility index (Phi) is 8.15. The van der Waals surface area contributed by atoms with E-state index in [0.717, 1.165) is 25.7 Å². The van der Waals surface area contributed by atoms with Crippen LogP contribution in [0.5, 0.6) is 0 Å². The Bertz CT molecular complexity index is 977. The highest BCUT2D eigenvalue weighted by Gasteiger charge is 2.38. The van der Waals surface area contributed by atoms with E-state index >= 15 is 0 Å². The third-order valence-electron chi connectivity index (χ3n) is 7.10. The van der Waals surface area contributed by atoms with Gasteiger partial charge in [0.1, 0.15) is 0 Å². The van der Waals surface area contributed by atoms with Crippen LogP contribution in [0.15, 0.2) is 18.2 Å². The fraction of sp³-hybridized carbons (Fsp3) is 0.696. The predicted molar refractivity (Wildman–Crippen MR) is 118 cm³/mol. The van der Waals surface area contributed by atoms with Crippen LogP contribution in [0, 0.1) is 17.8 Å². The summed E-state index contributed by atoms with van der Waals surface area (Å²) in [6.45, 7) is 3.42. The molecule has 0 spiro atoms. The van der Waals surface area contributed by atoms with Crippen LogP contribution in [-0.2, 0) is 33.6 Å². The van der Waals surface area contributed by atoms with E-state index in [0.29, 0.717) is 50.1 Å². The van der Waals surface area contributed by atoms with E-state index in [2.05, 4.69) is 0 Å². The Morgan fingerprint density at radius 2 is 1.31 bits per heavy atom. The van der Waals surface area contributed by atoms with Crippen LogP contribution in [0.3, 0.4) is 0 Å². The van der Waals surface area contributed by atoms with Gasteiger partial charge in [-0.15, -0.1) is 0 Å². The molecular formula is C23H30F6N2O3S. The van der Waals surface area contributed by atoms with Crippen molar-refractivity contribution < 1.29 is 39.6 Å². The second-order valence-corrected chi connectivity index (χ2v) is 11.7. The number of benzene rings is 1. The van der Waals surface area contributed by atoms with Gasteiger partial charge >= 0.3 is 12.4 Å². The summed E-state index contributed by atoms with van der Waals surface area (Å²) in [6, 6.07) is 1.43. The predicted octanol–water partition coefficient (Wildman–Crippen LogP) is 4.81. The SMILES string of the molecule is C[C@H](Cc1cc(C(F)(F)F)cc(C(F)(F)F)c1)C(=O)N1CCC(C2CCN(S(C)(=O)=O)CC2)CC1. The molecule has 35 heavy (non-hydrogen) atoms. The van der Waals surface area contributed by atoms with Crippen molar-refractivity contribution in [3.05, 3.63) is 34.9 Å². The van der Waals surface area contributed by atoms with Crippen LogP contribution in [0.2, 0.25) is 0 Å². The number of sulfonamides is 1. The number of amides is 1. The summed E-state index contributed by atoms with van der Waals surface area (Å²) < 4.78 is 104. The number of hydrogen-bond donors (Lipinski definition) is 0. The normalized spacial score (nSPS) is 20.7. The molecule has 0 unspecified atom stereocenters. The monoisotopic (exact) mass is 528 g/mol. The molecule has 0 bridgehead atoms. The van der Waals surface area contributed by atoms with Crippen LogP contribution in [-0.4, -0.2) is 56.0 Å². The quantitative estimate of drug-likeness (QED) is 0.516. The molecule has 5 nitrogen and oxygen atoms in total. The van der Waals surface area contributed by atoms with Gasteiger partial charge in [0.05, 0.1) is 17.4 Å². The number of nitrogens with zero attached hydrogens (tertiary/aromatic N) is 2. The van der Waals surface area contributed by atoms with Crippen molar-refractivity contribution in [2.45, 2.75) is 51.4 Å². The number of carbonyl (C=O) groups is 1. The van der Waals surface area contributed by atoms with Crippen LogP contribution in [0.25, 0.3) is 0 Å². The Balaban J connectivity index is 1.59. The van der Waals surface area contributed by atoms with Crippen LogP contribution in [0.4, 0.5) is 26.3 Å². The molecular weight excluding hydrogens is 498 g/mol. The lowest BCUT2D eigenvalue weighted by molar-refractivity contribution is -0.143. The fourth-order valence-electron chi connectivity index (χ4n) is 5.16. The highest BCUT2D eigenvalue weighted by molar-refractivity contribution is 7.88. The molecule has 0 saturated carbocycles. The van der Waals surface area contributed by atoms with Gasteiger partial charge in [0.2, 0.25) is 15.9 Å². The van der Waals surface area contributed by atoms with Crippen LogP contribution in [0.1, 0.15) is 49.3 Å². The second kappa shape index (κ2) is 10.3. The third-order valence-corrected chi connectivity index (χ3v) is 8.40. The van der Waals surface area contributed by atoms with E-state index in [1.165, 1.54) is 17.5 Å². The average molecular weight is 529 g/mol. The molecule has 0 radical (unpaired) electrons. The van der Waals surface area contributed by atoms with E-state index in [-0.39, 0.29) is 24.0 Å². The van der Waals surface area contributed by atoms with Crippen molar-refractivity contribution in [1.29, 1.82) is 0 Å². The summed E-state index contributed by atoms with van der Waals surface area (Å²) in [5.74, 6) is -0.335. The average Bonchev–Trinajstić information content (AvgIpc) is 2.77. The lowest BCUT2D eigenvalue weighted by Crippen LogP contribution is -2.45. The molecule has 12 heteroatoms. The first-order valence-corrected chi connectivity index (χ1v) is 13.4. The Morgan fingerprint density at radius 3 is 1.71 bits per heavy atom. The Labute approximate surface area is 201 Å². The van der Waals surface area contributed by atoms with Gasteiger partial charge in [-0.3, -0.25) is 4.79 Å². The van der Waals surface area contributed by atoms with Gasteiger partial charge in [-0.25, -0.2) is 12.7 Å². The minimum atomic E-state index is -4.93. The molecule has 0 aromatic heterocycles. The molecule has 1 aromatic rings. The van der Waals surface area contributed by atoms with Gasteiger partial charge in [0, 0.05) is 32.1 Å². The van der Waals surface area contributed by atoms with Gasteiger partial charge in [0.15, 0.2) is 0 Å². The maximum atomic E-state index is 13.1. The molecule has 0 N–H and O–H groups in total. The fourth-order valence-corrected chi connectivity index (χ4v) is 6.03. The first-order chi connectivity index (χ1) is 16.1. The van der Waals surface area contributed by atoms with Crippen molar-refractivity contribution in [3.63, 3.8) is 0 Å². The molecule has 1 amide bonds. The van der Waals surface area contributed by atoms with Crippen molar-refractivity contribution in [1.82, 2.24) is 9.21 Å². The minimum Gasteiger partial charge on any atom is -0.342 e. The maximum absolute atomic E-state index is 13.1. The van der Waals surface area contributed by atoms with Crippen LogP contribution >= 0.6 is 0 Å². The molecule has 198 valence electrons. The number of likely N-dealkylation sites (tertiary alicyclic amines) is 1. The zero-order chi connectivity index (χ0) is 26.2. The Morgan fingerprint density at radius 1 is 0.886 bits per heavy atom. The van der Waals surface area contributed by atoms with E-state index in [1.54, 1.807) is 4.90 Å². The maximum Gasteiger partial charge on any atom is 0.416 e. The van der Waals surface area contributed by atoms with E-state index < -0.39 is 39.4 Å². The molecule has 2 aliphatic rings. The highest BCUT2D eigenvalue weighted by Crippen LogP contribution is 2.37.